The fraction of sp³-hybridized carbons (Fsp3) is 0.421. The molecule has 0 spiro atoms. The quantitative estimate of drug-likeness (QED) is 0.726. The van der Waals surface area contributed by atoms with Crippen molar-refractivity contribution in [2.24, 2.45) is 0 Å². The number of carbonyl (C=O) groups is 1. The summed E-state index contributed by atoms with van der Waals surface area (Å²) in [7, 11) is -3.19. The van der Waals surface area contributed by atoms with E-state index in [0.29, 0.717) is 30.8 Å². The third-order valence-electron chi connectivity index (χ3n) is 4.51. The second-order valence-electron chi connectivity index (χ2n) is 6.58. The molecule has 1 fully saturated rings. The highest BCUT2D eigenvalue weighted by Crippen LogP contribution is 2.29. The minimum atomic E-state index is -3.19. The van der Waals surface area contributed by atoms with E-state index in [1.165, 1.54) is 9.18 Å². The number of carbonyl (C=O) groups excluding carboxylic acids is 1. The number of sulfonamides is 1. The molecule has 26 heavy (non-hydrogen) atoms. The third-order valence-corrected chi connectivity index (χ3v) is 7.30. The van der Waals surface area contributed by atoms with Crippen LogP contribution in [0.3, 0.4) is 0 Å². The predicted molar refractivity (Wildman–Crippen MR) is 107 cm³/mol. The molecule has 7 heteroatoms. The number of nitrogens with one attached hydrogen (secondary N) is 1. The molecule has 0 bridgehead atoms. The fourth-order valence-electron chi connectivity index (χ4n) is 3.19. The molecule has 1 amide bonds. The molecule has 1 aliphatic rings. The van der Waals surface area contributed by atoms with Crippen LogP contribution in [0, 0.1) is 6.92 Å². The standard InChI is InChI=1S/C19H24N2O3S2/c1-15-14-16(9-10-18(15)21-11-5-13-26(21,23)24)20-19(22)8-3-2-6-17-7-4-12-25-17/h4,7,9-10,12,14H,2-3,5-6,8,11,13H2,1H3,(H,20,22). The maximum absolute atomic E-state index is 12.1. The molecule has 1 saturated heterocycles. The van der Waals surface area contributed by atoms with Crippen molar-refractivity contribution < 1.29 is 13.2 Å². The molecule has 1 aromatic heterocycles. The number of aryl methyl sites for hydroxylation is 2. The molecule has 0 saturated carbocycles. The Labute approximate surface area is 159 Å². The monoisotopic (exact) mass is 392 g/mol. The number of anilines is 2. The second-order valence-corrected chi connectivity index (χ2v) is 9.62. The number of rotatable bonds is 7. The summed E-state index contributed by atoms with van der Waals surface area (Å²) in [5, 5.41) is 4.98. The number of hydrogen-bond acceptors (Lipinski definition) is 4. The van der Waals surface area contributed by atoms with Crippen molar-refractivity contribution in [1.82, 2.24) is 0 Å². The summed E-state index contributed by atoms with van der Waals surface area (Å²) in [6.45, 7) is 2.40. The van der Waals surface area contributed by atoms with Crippen LogP contribution < -0.4 is 9.62 Å². The Balaban J connectivity index is 1.51. The first kappa shape index (κ1) is 18.9. The number of benzene rings is 1. The Hall–Kier alpha value is -1.86. The van der Waals surface area contributed by atoms with Crippen LogP contribution in [0.15, 0.2) is 35.7 Å². The Morgan fingerprint density at radius 3 is 2.77 bits per heavy atom. The number of thiophene rings is 1. The second kappa shape index (κ2) is 8.22. The summed E-state index contributed by atoms with van der Waals surface area (Å²) in [4.78, 5) is 13.5. The molecule has 2 aromatic rings. The fourth-order valence-corrected chi connectivity index (χ4v) is 5.56. The van der Waals surface area contributed by atoms with Gasteiger partial charge in [0.05, 0.1) is 11.4 Å². The van der Waals surface area contributed by atoms with E-state index >= 15 is 0 Å². The first-order valence-electron chi connectivity index (χ1n) is 8.89. The molecular formula is C19H24N2O3S2. The molecule has 1 aliphatic heterocycles. The van der Waals surface area contributed by atoms with Crippen molar-refractivity contribution >= 4 is 38.6 Å². The van der Waals surface area contributed by atoms with E-state index in [0.717, 1.165) is 24.8 Å². The van der Waals surface area contributed by atoms with E-state index in [1.807, 2.05) is 19.1 Å². The molecule has 0 aliphatic carbocycles. The molecule has 1 aromatic carbocycles. The van der Waals surface area contributed by atoms with Gasteiger partial charge in [0.1, 0.15) is 0 Å². The molecule has 0 unspecified atom stereocenters. The van der Waals surface area contributed by atoms with E-state index in [2.05, 4.69) is 16.8 Å². The summed E-state index contributed by atoms with van der Waals surface area (Å²) in [5.74, 6) is 0.202. The van der Waals surface area contributed by atoms with Crippen LogP contribution in [0.4, 0.5) is 11.4 Å². The average Bonchev–Trinajstić information content (AvgIpc) is 3.21. The normalized spacial score (nSPS) is 16.0. The minimum absolute atomic E-state index is 0.00266. The summed E-state index contributed by atoms with van der Waals surface area (Å²) in [6, 6.07) is 9.57. The van der Waals surface area contributed by atoms with Gasteiger partial charge in [0.2, 0.25) is 15.9 Å². The van der Waals surface area contributed by atoms with Gasteiger partial charge in [-0.15, -0.1) is 11.3 Å². The van der Waals surface area contributed by atoms with Crippen LogP contribution >= 0.6 is 11.3 Å². The van der Waals surface area contributed by atoms with E-state index in [-0.39, 0.29) is 11.7 Å². The summed E-state index contributed by atoms with van der Waals surface area (Å²) in [6.07, 6.45) is 4.02. The van der Waals surface area contributed by atoms with Gasteiger partial charge in [0.25, 0.3) is 0 Å². The van der Waals surface area contributed by atoms with Gasteiger partial charge in [0, 0.05) is 23.5 Å². The predicted octanol–water partition coefficient (Wildman–Crippen LogP) is 3.95. The van der Waals surface area contributed by atoms with Crippen LogP contribution in [0.2, 0.25) is 0 Å². The van der Waals surface area contributed by atoms with Crippen molar-refractivity contribution in [1.29, 1.82) is 0 Å². The van der Waals surface area contributed by atoms with Crippen LogP contribution in [0.5, 0.6) is 0 Å². The van der Waals surface area contributed by atoms with Gasteiger partial charge in [-0.05, 0) is 67.8 Å². The number of nitrogens with zero attached hydrogens (tertiary/aromatic N) is 1. The van der Waals surface area contributed by atoms with E-state index in [4.69, 9.17) is 0 Å². The van der Waals surface area contributed by atoms with Crippen LogP contribution in [-0.4, -0.2) is 26.6 Å². The first-order chi connectivity index (χ1) is 12.5. The summed E-state index contributed by atoms with van der Waals surface area (Å²) < 4.78 is 25.6. The SMILES string of the molecule is Cc1cc(NC(=O)CCCCc2cccs2)ccc1N1CCCS1(=O)=O. The third kappa shape index (κ3) is 4.65. The zero-order valence-electron chi connectivity index (χ0n) is 14.9. The Morgan fingerprint density at radius 1 is 1.27 bits per heavy atom. The van der Waals surface area contributed by atoms with Gasteiger partial charge >= 0.3 is 0 Å². The molecule has 2 heterocycles. The molecule has 1 N–H and O–H groups in total. The molecule has 0 radical (unpaired) electrons. The van der Waals surface area contributed by atoms with E-state index in [9.17, 15) is 13.2 Å². The number of amides is 1. The highest BCUT2D eigenvalue weighted by atomic mass is 32.2. The molecule has 140 valence electrons. The lowest BCUT2D eigenvalue weighted by atomic mass is 10.1. The van der Waals surface area contributed by atoms with Gasteiger partial charge < -0.3 is 5.32 Å². The van der Waals surface area contributed by atoms with E-state index < -0.39 is 10.0 Å². The lowest BCUT2D eigenvalue weighted by molar-refractivity contribution is -0.116. The Bertz CT molecular complexity index is 861. The smallest absolute Gasteiger partial charge is 0.235 e. The maximum Gasteiger partial charge on any atom is 0.235 e. The lowest BCUT2D eigenvalue weighted by Gasteiger charge is -2.20. The molecule has 5 nitrogen and oxygen atoms in total. The van der Waals surface area contributed by atoms with Crippen LogP contribution in [-0.2, 0) is 21.2 Å². The zero-order valence-corrected chi connectivity index (χ0v) is 16.5. The summed E-state index contributed by atoms with van der Waals surface area (Å²) >= 11 is 1.75. The average molecular weight is 393 g/mol. The van der Waals surface area contributed by atoms with Crippen molar-refractivity contribution in [3.63, 3.8) is 0 Å². The van der Waals surface area contributed by atoms with Gasteiger partial charge in [-0.3, -0.25) is 9.10 Å². The van der Waals surface area contributed by atoms with E-state index in [1.54, 1.807) is 23.5 Å². The number of hydrogen-bond donors (Lipinski definition) is 1. The topological polar surface area (TPSA) is 66.5 Å². The Kier molecular flexibility index (Phi) is 5.98. The highest BCUT2D eigenvalue weighted by Gasteiger charge is 2.29. The van der Waals surface area contributed by atoms with Crippen molar-refractivity contribution in [2.75, 3.05) is 21.9 Å². The van der Waals surface area contributed by atoms with Crippen LogP contribution in [0.1, 0.15) is 36.1 Å². The van der Waals surface area contributed by atoms with Crippen molar-refractivity contribution in [3.8, 4) is 0 Å². The van der Waals surface area contributed by atoms with Gasteiger partial charge in [0.15, 0.2) is 0 Å². The van der Waals surface area contributed by atoms with Crippen molar-refractivity contribution in [3.05, 3.63) is 46.2 Å². The number of unbranched alkanes of at least 4 members (excludes halogenated alkanes) is 1. The van der Waals surface area contributed by atoms with Gasteiger partial charge in [-0.25, -0.2) is 8.42 Å². The minimum Gasteiger partial charge on any atom is -0.326 e. The largest absolute Gasteiger partial charge is 0.326 e. The van der Waals surface area contributed by atoms with Crippen LogP contribution in [0.25, 0.3) is 0 Å². The van der Waals surface area contributed by atoms with Gasteiger partial charge in [-0.2, -0.15) is 0 Å². The summed E-state index contributed by atoms with van der Waals surface area (Å²) in [5.41, 5.74) is 2.27. The lowest BCUT2D eigenvalue weighted by Crippen LogP contribution is -2.25. The highest BCUT2D eigenvalue weighted by molar-refractivity contribution is 7.93. The van der Waals surface area contributed by atoms with Gasteiger partial charge in [-0.1, -0.05) is 6.07 Å². The molecule has 0 atom stereocenters. The maximum atomic E-state index is 12.1. The molecule has 3 rings (SSSR count). The Morgan fingerprint density at radius 2 is 2.12 bits per heavy atom. The first-order valence-corrected chi connectivity index (χ1v) is 11.4. The van der Waals surface area contributed by atoms with Crippen molar-refractivity contribution in [2.45, 2.75) is 39.0 Å². The molecular weight excluding hydrogens is 368 g/mol. The zero-order chi connectivity index (χ0) is 18.6.